The lowest BCUT2D eigenvalue weighted by atomic mass is 9.80. The van der Waals surface area contributed by atoms with Crippen molar-refractivity contribution in [2.24, 2.45) is 11.8 Å². The largest absolute Gasteiger partial charge is 0.395 e. The van der Waals surface area contributed by atoms with Crippen molar-refractivity contribution in [1.29, 1.82) is 0 Å². The van der Waals surface area contributed by atoms with E-state index in [0.29, 0.717) is 6.61 Å². The van der Waals surface area contributed by atoms with E-state index in [4.69, 9.17) is 5.11 Å². The van der Waals surface area contributed by atoms with Gasteiger partial charge in [0.15, 0.2) is 0 Å². The molecule has 16 heavy (non-hydrogen) atoms. The summed E-state index contributed by atoms with van der Waals surface area (Å²) in [6, 6.07) is 0. The van der Waals surface area contributed by atoms with Crippen LogP contribution in [0.25, 0.3) is 0 Å². The van der Waals surface area contributed by atoms with Gasteiger partial charge in [-0.15, -0.1) is 0 Å². The second kappa shape index (κ2) is 8.08. The molecule has 0 radical (unpaired) electrons. The highest BCUT2D eigenvalue weighted by Gasteiger charge is 2.21. The predicted octanol–water partition coefficient (Wildman–Crippen LogP) is 2.91. The molecule has 1 fully saturated rings. The van der Waals surface area contributed by atoms with Gasteiger partial charge in [0.1, 0.15) is 0 Å². The van der Waals surface area contributed by atoms with Crippen LogP contribution in [0.3, 0.4) is 0 Å². The third kappa shape index (κ3) is 4.84. The second-order valence-corrected chi connectivity index (χ2v) is 5.29. The number of hydrogen-bond acceptors (Lipinski definition) is 2. The monoisotopic (exact) mass is 227 g/mol. The van der Waals surface area contributed by atoms with Crippen LogP contribution in [0.5, 0.6) is 0 Å². The zero-order chi connectivity index (χ0) is 11.8. The molecule has 1 N–H and O–H groups in total. The summed E-state index contributed by atoms with van der Waals surface area (Å²) in [4.78, 5) is 2.39. The minimum atomic E-state index is 0.305. The zero-order valence-corrected chi connectivity index (χ0v) is 11.1. The van der Waals surface area contributed by atoms with Crippen molar-refractivity contribution in [2.75, 3.05) is 26.2 Å². The Hall–Kier alpha value is -0.0800. The van der Waals surface area contributed by atoms with Gasteiger partial charge in [0.25, 0.3) is 0 Å². The van der Waals surface area contributed by atoms with Crippen molar-refractivity contribution in [3.8, 4) is 0 Å². The first-order chi connectivity index (χ1) is 7.80. The Morgan fingerprint density at radius 2 is 1.69 bits per heavy atom. The molecule has 1 aliphatic carbocycles. The fraction of sp³-hybridized carbons (Fsp3) is 1.00. The van der Waals surface area contributed by atoms with Gasteiger partial charge in [-0.25, -0.2) is 0 Å². The van der Waals surface area contributed by atoms with Crippen LogP contribution in [0, 0.1) is 11.8 Å². The minimum absolute atomic E-state index is 0.305. The molecule has 0 spiro atoms. The number of aliphatic hydroxyl groups is 1. The topological polar surface area (TPSA) is 23.5 Å². The zero-order valence-electron chi connectivity index (χ0n) is 11.1. The maximum absolute atomic E-state index is 8.97. The Bertz CT molecular complexity index is 164. The van der Waals surface area contributed by atoms with Crippen LogP contribution in [0.1, 0.15) is 52.4 Å². The molecule has 0 aliphatic heterocycles. The molecule has 0 aromatic heterocycles. The molecule has 0 atom stereocenters. The fourth-order valence-electron chi connectivity index (χ4n) is 3.00. The first-order valence-electron chi connectivity index (χ1n) is 7.13. The summed E-state index contributed by atoms with van der Waals surface area (Å²) >= 11 is 0. The Balaban J connectivity index is 2.20. The molecule has 1 rings (SSSR count). The molecular weight excluding hydrogens is 198 g/mol. The predicted molar refractivity (Wildman–Crippen MR) is 69.6 cm³/mol. The minimum Gasteiger partial charge on any atom is -0.395 e. The Labute approximate surface area is 101 Å². The van der Waals surface area contributed by atoms with Crippen LogP contribution in [0.2, 0.25) is 0 Å². The smallest absolute Gasteiger partial charge is 0.0558 e. The van der Waals surface area contributed by atoms with E-state index >= 15 is 0 Å². The van der Waals surface area contributed by atoms with Gasteiger partial charge in [-0.1, -0.05) is 39.5 Å². The van der Waals surface area contributed by atoms with Crippen LogP contribution in [-0.2, 0) is 0 Å². The summed E-state index contributed by atoms with van der Waals surface area (Å²) in [6.45, 7) is 7.93. The first kappa shape index (κ1) is 14.0. The molecule has 0 aromatic carbocycles. The average molecular weight is 227 g/mol. The van der Waals surface area contributed by atoms with E-state index in [-0.39, 0.29) is 0 Å². The van der Waals surface area contributed by atoms with Gasteiger partial charge in [0.05, 0.1) is 6.61 Å². The molecule has 2 heteroatoms. The van der Waals surface area contributed by atoms with Gasteiger partial charge < -0.3 is 10.0 Å². The summed E-state index contributed by atoms with van der Waals surface area (Å²) in [5.74, 6) is 1.90. The molecule has 1 saturated carbocycles. The number of hydrogen-bond donors (Lipinski definition) is 1. The Kier molecular flexibility index (Phi) is 7.06. The van der Waals surface area contributed by atoms with Gasteiger partial charge in [-0.2, -0.15) is 0 Å². The van der Waals surface area contributed by atoms with Crippen molar-refractivity contribution >= 4 is 0 Å². The van der Waals surface area contributed by atoms with Crippen LogP contribution in [0.4, 0.5) is 0 Å². The van der Waals surface area contributed by atoms with E-state index in [9.17, 15) is 0 Å². The molecule has 96 valence electrons. The normalized spacial score (nSPS) is 26.2. The summed E-state index contributed by atoms with van der Waals surface area (Å²) in [7, 11) is 0. The van der Waals surface area contributed by atoms with Crippen LogP contribution in [-0.4, -0.2) is 36.2 Å². The van der Waals surface area contributed by atoms with E-state index in [1.54, 1.807) is 0 Å². The van der Waals surface area contributed by atoms with Gasteiger partial charge >= 0.3 is 0 Å². The van der Waals surface area contributed by atoms with E-state index < -0.39 is 0 Å². The van der Waals surface area contributed by atoms with Gasteiger partial charge in [-0.3, -0.25) is 0 Å². The first-order valence-corrected chi connectivity index (χ1v) is 7.13. The summed E-state index contributed by atoms with van der Waals surface area (Å²) in [5, 5.41) is 8.97. The van der Waals surface area contributed by atoms with E-state index in [0.717, 1.165) is 24.9 Å². The third-order valence-electron chi connectivity index (χ3n) is 4.04. The van der Waals surface area contributed by atoms with E-state index in [1.807, 2.05) is 0 Å². The number of rotatable bonds is 7. The molecule has 0 saturated heterocycles. The van der Waals surface area contributed by atoms with Gasteiger partial charge in [-0.05, 0) is 31.2 Å². The van der Waals surface area contributed by atoms with Crippen molar-refractivity contribution in [3.05, 3.63) is 0 Å². The Morgan fingerprint density at radius 3 is 2.19 bits per heavy atom. The summed E-state index contributed by atoms with van der Waals surface area (Å²) in [6.07, 6.45) is 8.48. The lowest BCUT2D eigenvalue weighted by Gasteiger charge is -2.32. The van der Waals surface area contributed by atoms with Gasteiger partial charge in [0, 0.05) is 13.1 Å². The summed E-state index contributed by atoms with van der Waals surface area (Å²) < 4.78 is 0. The number of aliphatic hydroxyl groups excluding tert-OH is 1. The SMILES string of the molecule is CCCC1CCC(CN(CC)CCO)CC1. The second-order valence-electron chi connectivity index (χ2n) is 5.29. The highest BCUT2D eigenvalue weighted by atomic mass is 16.3. The lowest BCUT2D eigenvalue weighted by Crippen LogP contribution is -2.33. The Morgan fingerprint density at radius 1 is 1.06 bits per heavy atom. The van der Waals surface area contributed by atoms with Crippen LogP contribution >= 0.6 is 0 Å². The highest BCUT2D eigenvalue weighted by molar-refractivity contribution is 4.74. The van der Waals surface area contributed by atoms with Crippen molar-refractivity contribution in [3.63, 3.8) is 0 Å². The molecule has 0 amide bonds. The quantitative estimate of drug-likeness (QED) is 0.723. The van der Waals surface area contributed by atoms with E-state index in [1.165, 1.54) is 45.1 Å². The van der Waals surface area contributed by atoms with Crippen LogP contribution in [0.15, 0.2) is 0 Å². The fourth-order valence-corrected chi connectivity index (χ4v) is 3.00. The van der Waals surface area contributed by atoms with Crippen LogP contribution < -0.4 is 0 Å². The number of nitrogens with zero attached hydrogens (tertiary/aromatic N) is 1. The van der Waals surface area contributed by atoms with Crippen molar-refractivity contribution in [1.82, 2.24) is 4.90 Å². The molecular formula is C14H29NO. The maximum Gasteiger partial charge on any atom is 0.0558 e. The average Bonchev–Trinajstić information content (AvgIpc) is 2.31. The molecule has 0 heterocycles. The van der Waals surface area contributed by atoms with E-state index in [2.05, 4.69) is 18.7 Å². The lowest BCUT2D eigenvalue weighted by molar-refractivity contribution is 0.153. The highest BCUT2D eigenvalue weighted by Crippen LogP contribution is 2.31. The third-order valence-corrected chi connectivity index (χ3v) is 4.04. The summed E-state index contributed by atoms with van der Waals surface area (Å²) in [5.41, 5.74) is 0. The molecule has 2 nitrogen and oxygen atoms in total. The van der Waals surface area contributed by atoms with Gasteiger partial charge in [0.2, 0.25) is 0 Å². The van der Waals surface area contributed by atoms with Crippen molar-refractivity contribution in [2.45, 2.75) is 52.4 Å². The number of likely N-dealkylation sites (N-methyl/N-ethyl adjacent to an activating group) is 1. The molecule has 1 aliphatic rings. The standard InChI is InChI=1S/C14H29NO/c1-3-5-13-6-8-14(9-7-13)12-15(4-2)10-11-16/h13-14,16H,3-12H2,1-2H3. The molecule has 0 bridgehead atoms. The maximum atomic E-state index is 8.97. The molecule has 0 aromatic rings. The molecule has 0 unspecified atom stereocenters. The van der Waals surface area contributed by atoms with Crippen molar-refractivity contribution < 1.29 is 5.11 Å².